The molecule has 0 spiro atoms. The molecule has 1 amide bonds. The van der Waals surface area contributed by atoms with Gasteiger partial charge in [0.15, 0.2) is 0 Å². The zero-order chi connectivity index (χ0) is 22.2. The van der Waals surface area contributed by atoms with Crippen LogP contribution in [0.3, 0.4) is 0 Å². The van der Waals surface area contributed by atoms with Crippen molar-refractivity contribution in [2.24, 2.45) is 0 Å². The summed E-state index contributed by atoms with van der Waals surface area (Å²) in [7, 11) is -3.15. The molecule has 1 fully saturated rings. The molecule has 11 heteroatoms. The van der Waals surface area contributed by atoms with Crippen molar-refractivity contribution in [3.05, 3.63) is 47.2 Å². The van der Waals surface area contributed by atoms with E-state index in [-0.39, 0.29) is 28.5 Å². The minimum absolute atomic E-state index is 0.165. The van der Waals surface area contributed by atoms with Gasteiger partial charge in [-0.2, -0.15) is 13.2 Å². The average molecular weight is 456 g/mol. The third kappa shape index (κ3) is 4.64. The van der Waals surface area contributed by atoms with Gasteiger partial charge in [-0.15, -0.1) is 10.8 Å². The van der Waals surface area contributed by atoms with Gasteiger partial charge >= 0.3 is 6.18 Å². The molecule has 7 nitrogen and oxygen atoms in total. The molecular weight excluding hydrogens is 433 g/mol. The molecular formula is C20H23F3N4O3S. The SMILES string of the molecule is O=C(Nc1ccc2c(c1)S(O)(O)NC2)c1cc(C(F)(F)F)cnc1N1CCCCCC1. The van der Waals surface area contributed by atoms with E-state index in [4.69, 9.17) is 0 Å². The normalized spacial score (nSPS) is 19.5. The number of nitrogens with one attached hydrogen (secondary N) is 2. The molecule has 0 aliphatic carbocycles. The van der Waals surface area contributed by atoms with E-state index in [1.807, 2.05) is 4.90 Å². The van der Waals surface area contributed by atoms with Gasteiger partial charge in [-0.1, -0.05) is 18.9 Å². The fourth-order valence-corrected chi connectivity index (χ4v) is 5.12. The van der Waals surface area contributed by atoms with E-state index in [1.54, 1.807) is 12.1 Å². The van der Waals surface area contributed by atoms with Crippen molar-refractivity contribution in [1.82, 2.24) is 9.71 Å². The summed E-state index contributed by atoms with van der Waals surface area (Å²) in [6.07, 6.45) is -0.0794. The molecule has 1 saturated heterocycles. The maximum absolute atomic E-state index is 13.3. The topological polar surface area (TPSA) is 97.7 Å². The lowest BCUT2D eigenvalue weighted by Gasteiger charge is -2.27. The molecule has 2 aromatic rings. The molecule has 2 aliphatic rings. The lowest BCUT2D eigenvalue weighted by atomic mass is 10.1. The fourth-order valence-electron chi connectivity index (χ4n) is 3.81. The Labute approximate surface area is 179 Å². The van der Waals surface area contributed by atoms with Gasteiger partial charge in [0.05, 0.1) is 16.0 Å². The molecule has 4 rings (SSSR count). The summed E-state index contributed by atoms with van der Waals surface area (Å²) < 4.78 is 62.6. The Morgan fingerprint density at radius 3 is 2.52 bits per heavy atom. The van der Waals surface area contributed by atoms with E-state index < -0.39 is 28.4 Å². The number of benzene rings is 1. The molecule has 2 aliphatic heterocycles. The molecule has 1 aromatic heterocycles. The minimum Gasteiger partial charge on any atom is -0.356 e. The fraction of sp³-hybridized carbons (Fsp3) is 0.400. The third-order valence-corrected chi connectivity index (χ3v) is 6.98. The minimum atomic E-state index is -4.63. The Morgan fingerprint density at radius 1 is 1.13 bits per heavy atom. The lowest BCUT2D eigenvalue weighted by Crippen LogP contribution is -2.28. The van der Waals surface area contributed by atoms with Gasteiger partial charge in [0.2, 0.25) is 0 Å². The van der Waals surface area contributed by atoms with E-state index in [0.717, 1.165) is 37.9 Å². The number of nitrogens with zero attached hydrogens (tertiary/aromatic N) is 2. The molecule has 31 heavy (non-hydrogen) atoms. The van der Waals surface area contributed by atoms with Crippen molar-refractivity contribution >= 4 is 28.2 Å². The van der Waals surface area contributed by atoms with Gasteiger partial charge in [0.1, 0.15) is 5.82 Å². The smallest absolute Gasteiger partial charge is 0.356 e. The van der Waals surface area contributed by atoms with Crippen LogP contribution in [-0.2, 0) is 12.7 Å². The van der Waals surface area contributed by atoms with Gasteiger partial charge in [-0.3, -0.25) is 13.9 Å². The van der Waals surface area contributed by atoms with Gasteiger partial charge < -0.3 is 10.2 Å². The summed E-state index contributed by atoms with van der Waals surface area (Å²) in [5.74, 6) is -0.514. The molecule has 0 unspecified atom stereocenters. The van der Waals surface area contributed by atoms with Crippen LogP contribution >= 0.6 is 10.8 Å². The first-order valence-corrected chi connectivity index (χ1v) is 11.5. The summed E-state index contributed by atoms with van der Waals surface area (Å²) in [6.45, 7) is 1.51. The highest BCUT2D eigenvalue weighted by molar-refractivity contribution is 8.22. The number of hydrogen-bond donors (Lipinski definition) is 4. The van der Waals surface area contributed by atoms with Crippen molar-refractivity contribution in [1.29, 1.82) is 0 Å². The molecule has 4 N–H and O–H groups in total. The number of aromatic nitrogens is 1. The van der Waals surface area contributed by atoms with Gasteiger partial charge in [-0.25, -0.2) is 9.71 Å². The van der Waals surface area contributed by atoms with Gasteiger partial charge in [-0.05, 0) is 36.6 Å². The molecule has 0 atom stereocenters. The predicted octanol–water partition coefficient (Wildman–Crippen LogP) is 4.86. The Balaban J connectivity index is 1.67. The number of halogens is 3. The predicted molar refractivity (Wildman–Crippen MR) is 112 cm³/mol. The maximum atomic E-state index is 13.3. The van der Waals surface area contributed by atoms with Crippen LogP contribution in [0.15, 0.2) is 35.4 Å². The second-order valence-corrected chi connectivity index (χ2v) is 9.47. The number of pyridine rings is 1. The molecule has 1 aromatic carbocycles. The maximum Gasteiger partial charge on any atom is 0.417 e. The van der Waals surface area contributed by atoms with E-state index >= 15 is 0 Å². The number of carbonyl (C=O) groups excluding carboxylic acids is 1. The molecule has 0 radical (unpaired) electrons. The monoisotopic (exact) mass is 456 g/mol. The van der Waals surface area contributed by atoms with Crippen molar-refractivity contribution < 1.29 is 27.1 Å². The summed E-state index contributed by atoms with van der Waals surface area (Å²) in [5.41, 5.74) is -0.221. The number of amides is 1. The van der Waals surface area contributed by atoms with E-state index in [0.29, 0.717) is 18.7 Å². The number of hydrogen-bond acceptors (Lipinski definition) is 6. The molecule has 3 heterocycles. The third-order valence-electron chi connectivity index (χ3n) is 5.44. The quantitative estimate of drug-likeness (QED) is 0.527. The summed E-state index contributed by atoms with van der Waals surface area (Å²) >= 11 is 0. The van der Waals surface area contributed by atoms with Crippen LogP contribution in [0.2, 0.25) is 0 Å². The van der Waals surface area contributed by atoms with Crippen LogP contribution in [0.4, 0.5) is 24.7 Å². The first kappa shape index (κ1) is 21.9. The highest BCUT2D eigenvalue weighted by atomic mass is 32.3. The van der Waals surface area contributed by atoms with Crippen molar-refractivity contribution in [2.45, 2.75) is 43.3 Å². The highest BCUT2D eigenvalue weighted by Crippen LogP contribution is 2.51. The zero-order valence-electron chi connectivity index (χ0n) is 16.6. The number of alkyl halides is 3. The van der Waals surface area contributed by atoms with E-state index in [9.17, 15) is 27.1 Å². The van der Waals surface area contributed by atoms with E-state index in [2.05, 4.69) is 15.0 Å². The Hall–Kier alpha value is -2.34. The second-order valence-electron chi connectivity index (χ2n) is 7.64. The van der Waals surface area contributed by atoms with Crippen LogP contribution in [0.25, 0.3) is 0 Å². The zero-order valence-corrected chi connectivity index (χ0v) is 17.4. The molecule has 0 bridgehead atoms. The molecule has 168 valence electrons. The van der Waals surface area contributed by atoms with Crippen LogP contribution in [0.1, 0.15) is 47.2 Å². The highest BCUT2D eigenvalue weighted by Gasteiger charge is 2.33. The van der Waals surface area contributed by atoms with Gasteiger partial charge in [0.25, 0.3) is 5.91 Å². The summed E-state index contributed by atoms with van der Waals surface area (Å²) in [5, 5.41) is 2.59. The second kappa shape index (κ2) is 8.30. The Morgan fingerprint density at radius 2 is 1.84 bits per heavy atom. The average Bonchev–Trinajstić information content (AvgIpc) is 2.89. The van der Waals surface area contributed by atoms with Crippen molar-refractivity contribution in [3.8, 4) is 0 Å². The van der Waals surface area contributed by atoms with Gasteiger partial charge in [0, 0.05) is 31.5 Å². The Kier molecular flexibility index (Phi) is 5.86. The van der Waals surface area contributed by atoms with Crippen molar-refractivity contribution in [3.63, 3.8) is 0 Å². The van der Waals surface area contributed by atoms with Crippen LogP contribution in [0.5, 0.6) is 0 Å². The summed E-state index contributed by atoms with van der Waals surface area (Å²) in [6, 6.07) is 5.46. The van der Waals surface area contributed by atoms with Crippen molar-refractivity contribution in [2.75, 3.05) is 23.3 Å². The molecule has 0 saturated carbocycles. The van der Waals surface area contributed by atoms with Crippen LogP contribution in [0, 0.1) is 0 Å². The number of rotatable bonds is 3. The first-order valence-electron chi connectivity index (χ1n) is 9.94. The Bertz CT molecular complexity index is 992. The number of anilines is 2. The first-order chi connectivity index (χ1) is 14.6. The number of carbonyl (C=O) groups is 1. The lowest BCUT2D eigenvalue weighted by molar-refractivity contribution is -0.137. The largest absolute Gasteiger partial charge is 0.417 e. The summed E-state index contributed by atoms with van der Waals surface area (Å²) in [4.78, 5) is 19.2. The van der Waals surface area contributed by atoms with E-state index in [1.165, 1.54) is 6.07 Å². The van der Waals surface area contributed by atoms with Crippen LogP contribution < -0.4 is 14.9 Å². The number of fused-ring (bicyclic) bond motifs is 1. The standard InChI is InChI=1S/C20H23F3N4O3S/c21-20(22,23)14-9-16(18(24-12-14)27-7-3-1-2-4-8-27)19(28)26-15-6-5-13-11-25-31(29,30)17(13)10-15/h5-6,9-10,12,25,29-30H,1-4,7-8,11H2,(H,26,28). The van der Waals surface area contributed by atoms with Crippen LogP contribution in [-0.4, -0.2) is 33.1 Å².